The van der Waals surface area contributed by atoms with Gasteiger partial charge in [-0.1, -0.05) is 48.5 Å². The number of rotatable bonds is 8. The van der Waals surface area contributed by atoms with E-state index < -0.39 is 0 Å². The van der Waals surface area contributed by atoms with E-state index in [2.05, 4.69) is 34.9 Å². The lowest BCUT2D eigenvalue weighted by Gasteiger charge is -2.21. The average Bonchev–Trinajstić information content (AvgIpc) is 2.55. The van der Waals surface area contributed by atoms with Crippen LogP contribution in [0.5, 0.6) is 0 Å². The molecule has 1 unspecified atom stereocenters. The van der Waals surface area contributed by atoms with Crippen molar-refractivity contribution in [2.75, 3.05) is 32.5 Å². The van der Waals surface area contributed by atoms with Crippen LogP contribution in [0.2, 0.25) is 0 Å². The Kier molecular flexibility index (Phi) is 6.63. The number of nitrogens with one attached hydrogen (secondary N) is 2. The Morgan fingerprint density at radius 2 is 1.61 bits per heavy atom. The van der Waals surface area contributed by atoms with Gasteiger partial charge in [0.25, 0.3) is 0 Å². The molecular formula is C19H25N3O. The first-order valence-electron chi connectivity index (χ1n) is 7.93. The molecule has 0 aliphatic carbocycles. The van der Waals surface area contributed by atoms with Crippen LogP contribution < -0.4 is 10.6 Å². The van der Waals surface area contributed by atoms with Crippen molar-refractivity contribution in [3.8, 4) is 0 Å². The number of likely N-dealkylation sites (N-methyl/N-ethyl adjacent to an activating group) is 1. The van der Waals surface area contributed by atoms with E-state index in [4.69, 9.17) is 0 Å². The van der Waals surface area contributed by atoms with Gasteiger partial charge in [0.05, 0.1) is 12.6 Å². The standard InChI is InChI=1S/C19H25N3O/c1-22(2)15-19(23)20-14-13-18(16-9-5-3-6-10-16)21-17-11-7-4-8-12-17/h3-12,18,21H,13-15H2,1-2H3,(H,20,23). The number of para-hydroxylation sites is 1. The van der Waals surface area contributed by atoms with Gasteiger partial charge in [-0.15, -0.1) is 0 Å². The molecule has 0 saturated carbocycles. The molecule has 2 N–H and O–H groups in total. The van der Waals surface area contributed by atoms with Crippen LogP contribution >= 0.6 is 0 Å². The van der Waals surface area contributed by atoms with Crippen molar-refractivity contribution >= 4 is 11.6 Å². The van der Waals surface area contributed by atoms with Crippen molar-refractivity contribution in [2.45, 2.75) is 12.5 Å². The molecule has 1 amide bonds. The molecule has 0 aliphatic heterocycles. The van der Waals surface area contributed by atoms with E-state index in [1.807, 2.05) is 55.4 Å². The van der Waals surface area contributed by atoms with Crippen molar-refractivity contribution in [3.63, 3.8) is 0 Å². The van der Waals surface area contributed by atoms with E-state index in [1.54, 1.807) is 0 Å². The van der Waals surface area contributed by atoms with Gasteiger partial charge < -0.3 is 15.5 Å². The van der Waals surface area contributed by atoms with Gasteiger partial charge in [-0.3, -0.25) is 4.79 Å². The molecule has 4 heteroatoms. The second-order valence-corrected chi connectivity index (χ2v) is 5.85. The highest BCUT2D eigenvalue weighted by molar-refractivity contribution is 5.77. The summed E-state index contributed by atoms with van der Waals surface area (Å²) in [7, 11) is 3.78. The summed E-state index contributed by atoms with van der Waals surface area (Å²) in [6.45, 7) is 1.06. The predicted octanol–water partition coefficient (Wildman–Crippen LogP) is 2.91. The van der Waals surface area contributed by atoms with E-state index >= 15 is 0 Å². The minimum Gasteiger partial charge on any atom is -0.378 e. The zero-order chi connectivity index (χ0) is 16.5. The molecule has 2 aromatic carbocycles. The first kappa shape index (κ1) is 17.0. The molecule has 4 nitrogen and oxygen atoms in total. The Morgan fingerprint density at radius 1 is 1.00 bits per heavy atom. The quantitative estimate of drug-likeness (QED) is 0.788. The van der Waals surface area contributed by atoms with Gasteiger partial charge >= 0.3 is 0 Å². The highest BCUT2D eigenvalue weighted by atomic mass is 16.1. The number of benzene rings is 2. The Morgan fingerprint density at radius 3 is 2.22 bits per heavy atom. The lowest BCUT2D eigenvalue weighted by molar-refractivity contribution is -0.121. The fourth-order valence-corrected chi connectivity index (χ4v) is 2.44. The third-order valence-corrected chi connectivity index (χ3v) is 3.53. The van der Waals surface area contributed by atoms with Crippen LogP contribution in [0, 0.1) is 0 Å². The monoisotopic (exact) mass is 311 g/mol. The van der Waals surface area contributed by atoms with Crippen LogP contribution in [0.1, 0.15) is 18.0 Å². The number of hydrogen-bond acceptors (Lipinski definition) is 3. The smallest absolute Gasteiger partial charge is 0.234 e. The number of carbonyl (C=O) groups is 1. The number of hydrogen-bond donors (Lipinski definition) is 2. The van der Waals surface area contributed by atoms with Crippen LogP contribution in [-0.2, 0) is 4.79 Å². The number of amides is 1. The Hall–Kier alpha value is -2.33. The van der Waals surface area contributed by atoms with Crippen molar-refractivity contribution in [1.29, 1.82) is 0 Å². The lowest BCUT2D eigenvalue weighted by Crippen LogP contribution is -2.34. The van der Waals surface area contributed by atoms with Gasteiger partial charge in [0.15, 0.2) is 0 Å². The molecule has 0 saturated heterocycles. The molecule has 2 rings (SSSR count). The molecular weight excluding hydrogens is 286 g/mol. The lowest BCUT2D eigenvalue weighted by atomic mass is 10.0. The molecule has 122 valence electrons. The zero-order valence-corrected chi connectivity index (χ0v) is 13.8. The van der Waals surface area contributed by atoms with Gasteiger partial charge in [0.2, 0.25) is 5.91 Å². The van der Waals surface area contributed by atoms with Crippen LogP contribution in [-0.4, -0.2) is 38.0 Å². The summed E-state index contributed by atoms with van der Waals surface area (Å²) in [6.07, 6.45) is 0.831. The van der Waals surface area contributed by atoms with E-state index in [9.17, 15) is 4.79 Å². The predicted molar refractivity (Wildman–Crippen MR) is 95.4 cm³/mol. The van der Waals surface area contributed by atoms with E-state index in [1.165, 1.54) is 5.56 Å². The van der Waals surface area contributed by atoms with Crippen molar-refractivity contribution in [2.24, 2.45) is 0 Å². The van der Waals surface area contributed by atoms with Crippen molar-refractivity contribution in [3.05, 3.63) is 66.2 Å². The maximum atomic E-state index is 11.8. The summed E-state index contributed by atoms with van der Waals surface area (Å²) < 4.78 is 0. The minimum absolute atomic E-state index is 0.0570. The maximum Gasteiger partial charge on any atom is 0.234 e. The molecule has 0 fully saturated rings. The SMILES string of the molecule is CN(C)CC(=O)NCCC(Nc1ccccc1)c1ccccc1. The molecule has 0 radical (unpaired) electrons. The van der Waals surface area contributed by atoms with Gasteiger partial charge in [0, 0.05) is 12.2 Å². The maximum absolute atomic E-state index is 11.8. The molecule has 0 aliphatic rings. The van der Waals surface area contributed by atoms with E-state index in [-0.39, 0.29) is 11.9 Å². The Bertz CT molecular complexity index is 584. The highest BCUT2D eigenvalue weighted by Gasteiger charge is 2.12. The zero-order valence-electron chi connectivity index (χ0n) is 13.8. The molecule has 0 heterocycles. The minimum atomic E-state index is 0.0570. The molecule has 0 spiro atoms. The number of carbonyl (C=O) groups excluding carboxylic acids is 1. The van der Waals surface area contributed by atoms with Gasteiger partial charge in [0.1, 0.15) is 0 Å². The summed E-state index contributed by atoms with van der Waals surface area (Å²) in [5, 5.41) is 6.53. The third-order valence-electron chi connectivity index (χ3n) is 3.53. The molecule has 0 bridgehead atoms. The normalized spacial score (nSPS) is 12.0. The second kappa shape index (κ2) is 8.96. The molecule has 23 heavy (non-hydrogen) atoms. The van der Waals surface area contributed by atoms with Gasteiger partial charge in [-0.05, 0) is 38.2 Å². The Balaban J connectivity index is 1.96. The first-order valence-corrected chi connectivity index (χ1v) is 7.93. The first-order chi connectivity index (χ1) is 11.1. The van der Waals surface area contributed by atoms with Crippen LogP contribution in [0.3, 0.4) is 0 Å². The number of nitrogens with zero attached hydrogens (tertiary/aromatic N) is 1. The molecule has 0 aromatic heterocycles. The molecule has 2 aromatic rings. The van der Waals surface area contributed by atoms with Crippen LogP contribution in [0.15, 0.2) is 60.7 Å². The van der Waals surface area contributed by atoms with E-state index in [0.29, 0.717) is 13.1 Å². The van der Waals surface area contributed by atoms with E-state index in [0.717, 1.165) is 12.1 Å². The molecule has 1 atom stereocenters. The summed E-state index contributed by atoms with van der Waals surface area (Å²) in [5.74, 6) is 0.0570. The van der Waals surface area contributed by atoms with Crippen molar-refractivity contribution < 1.29 is 4.79 Å². The van der Waals surface area contributed by atoms with Gasteiger partial charge in [-0.2, -0.15) is 0 Å². The van der Waals surface area contributed by atoms with Crippen LogP contribution in [0.4, 0.5) is 5.69 Å². The third kappa shape index (κ3) is 6.12. The summed E-state index contributed by atoms with van der Waals surface area (Å²) in [6, 6.07) is 20.6. The Labute approximate surface area is 138 Å². The second-order valence-electron chi connectivity index (χ2n) is 5.85. The summed E-state index contributed by atoms with van der Waals surface area (Å²) >= 11 is 0. The fraction of sp³-hybridized carbons (Fsp3) is 0.316. The summed E-state index contributed by atoms with van der Waals surface area (Å²) in [4.78, 5) is 13.6. The van der Waals surface area contributed by atoms with Crippen molar-refractivity contribution in [1.82, 2.24) is 10.2 Å². The van der Waals surface area contributed by atoms with Crippen LogP contribution in [0.25, 0.3) is 0 Å². The number of anilines is 1. The summed E-state index contributed by atoms with van der Waals surface area (Å²) in [5.41, 5.74) is 2.30. The fourth-order valence-electron chi connectivity index (χ4n) is 2.44. The largest absolute Gasteiger partial charge is 0.378 e. The highest BCUT2D eigenvalue weighted by Crippen LogP contribution is 2.22. The topological polar surface area (TPSA) is 44.4 Å². The average molecular weight is 311 g/mol. The van der Waals surface area contributed by atoms with Gasteiger partial charge in [-0.25, -0.2) is 0 Å².